The number of rotatable bonds is 1. The third-order valence-electron chi connectivity index (χ3n) is 2.64. The van der Waals surface area contributed by atoms with Crippen LogP contribution in [0.3, 0.4) is 0 Å². The maximum absolute atomic E-state index is 12.1. The van der Waals surface area contributed by atoms with Crippen molar-refractivity contribution in [3.8, 4) is 0 Å². The Morgan fingerprint density at radius 3 is 2.82 bits per heavy atom. The molecule has 0 aliphatic rings. The molecule has 0 aliphatic heterocycles. The minimum Gasteiger partial charge on any atom is -0.508 e. The number of hydrogen-bond donors (Lipinski definition) is 1. The second kappa shape index (κ2) is 3.68. The number of thiophene rings is 1. The molecule has 4 heteroatoms. The fraction of sp³-hybridized carbons (Fsp3) is 0. The highest BCUT2D eigenvalue weighted by Crippen LogP contribution is 2.33. The fourth-order valence-electron chi connectivity index (χ4n) is 1.87. The third-order valence-corrected chi connectivity index (χ3v) is 4.62. The van der Waals surface area contributed by atoms with Gasteiger partial charge in [-0.1, -0.05) is 36.1 Å². The van der Waals surface area contributed by atoms with Gasteiger partial charge in [0.05, 0.1) is 5.39 Å². The summed E-state index contributed by atoms with van der Waals surface area (Å²) >= 11 is 2.68. The first-order valence-corrected chi connectivity index (χ1v) is 6.69. The molecule has 1 N–H and O–H groups in total. The smallest absolute Gasteiger partial charge is 0.242 e. The van der Waals surface area contributed by atoms with Gasteiger partial charge in [0.25, 0.3) is 0 Å². The maximum atomic E-state index is 12.1. The number of aliphatic hydroxyl groups excluding tert-OH is 1. The topological polar surface area (TPSA) is 37.3 Å². The van der Waals surface area contributed by atoms with Crippen LogP contribution < -0.4 is 4.74 Å². The standard InChI is InChI=1S/C13H8O2S2/c1-7(14)9-6-16-12-8-4-2-3-5-10(8)17-13(15)11(9)12/h2-6,14H,1H2. The third kappa shape index (κ3) is 1.49. The van der Waals surface area contributed by atoms with Crippen LogP contribution in [0, 0.1) is 0 Å². The molecular weight excluding hydrogens is 252 g/mol. The molecule has 84 valence electrons. The summed E-state index contributed by atoms with van der Waals surface area (Å²) in [6, 6.07) is 7.80. The average Bonchev–Trinajstić information content (AvgIpc) is 2.74. The fourth-order valence-corrected chi connectivity index (χ4v) is 4.05. The number of hydrogen-bond acceptors (Lipinski definition) is 4. The molecule has 0 bridgehead atoms. The van der Waals surface area contributed by atoms with E-state index in [1.807, 2.05) is 24.3 Å². The van der Waals surface area contributed by atoms with Crippen molar-refractivity contribution in [2.24, 2.45) is 0 Å². The minimum absolute atomic E-state index is 0.0230. The molecule has 1 aromatic carbocycles. The SMILES string of the molecule is C=C(O)c1csc2c1c(=O)sc1ccccc12. The minimum atomic E-state index is -0.0455. The average molecular weight is 260 g/mol. The number of benzene rings is 1. The first-order valence-electron chi connectivity index (χ1n) is 5.00. The van der Waals surface area contributed by atoms with E-state index in [-0.39, 0.29) is 10.5 Å². The van der Waals surface area contributed by atoms with Gasteiger partial charge in [0.1, 0.15) is 5.76 Å². The molecule has 2 aromatic heterocycles. The predicted molar refractivity (Wildman–Crippen MR) is 75.1 cm³/mol. The lowest BCUT2D eigenvalue weighted by Crippen LogP contribution is -1.96. The summed E-state index contributed by atoms with van der Waals surface area (Å²) in [5.41, 5.74) is 0.553. The van der Waals surface area contributed by atoms with Gasteiger partial charge in [-0.05, 0) is 6.07 Å². The van der Waals surface area contributed by atoms with Crippen LogP contribution in [-0.4, -0.2) is 5.11 Å². The van der Waals surface area contributed by atoms with E-state index < -0.39 is 0 Å². The zero-order chi connectivity index (χ0) is 12.0. The quantitative estimate of drug-likeness (QED) is 0.671. The second-order valence-electron chi connectivity index (χ2n) is 3.69. The Morgan fingerprint density at radius 1 is 1.29 bits per heavy atom. The van der Waals surface area contributed by atoms with Crippen LogP contribution >= 0.6 is 22.7 Å². The molecule has 3 rings (SSSR count). The van der Waals surface area contributed by atoms with E-state index in [4.69, 9.17) is 0 Å². The lowest BCUT2D eigenvalue weighted by molar-refractivity contribution is 0.515. The van der Waals surface area contributed by atoms with Crippen molar-refractivity contribution >= 4 is 48.6 Å². The molecule has 2 heterocycles. The first kappa shape index (κ1) is 10.5. The summed E-state index contributed by atoms with van der Waals surface area (Å²) in [6.45, 7) is 3.50. The number of fused-ring (bicyclic) bond motifs is 3. The molecule has 0 radical (unpaired) electrons. The van der Waals surface area contributed by atoms with E-state index in [1.54, 1.807) is 5.38 Å². The van der Waals surface area contributed by atoms with Gasteiger partial charge in [0, 0.05) is 25.7 Å². The van der Waals surface area contributed by atoms with Crippen molar-refractivity contribution in [1.29, 1.82) is 0 Å². The molecule has 0 fully saturated rings. The monoisotopic (exact) mass is 260 g/mol. The lowest BCUT2D eigenvalue weighted by Gasteiger charge is -1.98. The highest BCUT2D eigenvalue weighted by Gasteiger charge is 2.13. The van der Waals surface area contributed by atoms with Gasteiger partial charge in [-0.3, -0.25) is 4.79 Å². The molecule has 0 saturated heterocycles. The summed E-state index contributed by atoms with van der Waals surface area (Å²) in [5.74, 6) is -0.0455. The van der Waals surface area contributed by atoms with E-state index in [0.29, 0.717) is 10.9 Å². The lowest BCUT2D eigenvalue weighted by atomic mass is 10.1. The van der Waals surface area contributed by atoms with Gasteiger partial charge >= 0.3 is 0 Å². The summed E-state index contributed by atoms with van der Waals surface area (Å²) in [4.78, 5) is 12.1. The Balaban J connectivity index is 2.61. The van der Waals surface area contributed by atoms with Crippen LogP contribution in [0.4, 0.5) is 0 Å². The molecule has 2 nitrogen and oxygen atoms in total. The highest BCUT2D eigenvalue weighted by molar-refractivity contribution is 7.22. The van der Waals surface area contributed by atoms with Crippen LogP contribution in [0.25, 0.3) is 25.9 Å². The number of aliphatic hydroxyl groups is 1. The van der Waals surface area contributed by atoms with E-state index in [0.717, 1.165) is 14.8 Å². The summed E-state index contributed by atoms with van der Waals surface area (Å²) < 4.78 is 1.88. The Labute approximate surface area is 105 Å². The van der Waals surface area contributed by atoms with Crippen LogP contribution in [-0.2, 0) is 0 Å². The van der Waals surface area contributed by atoms with Crippen LogP contribution in [0.1, 0.15) is 5.56 Å². The molecule has 17 heavy (non-hydrogen) atoms. The van der Waals surface area contributed by atoms with Crippen molar-refractivity contribution in [3.63, 3.8) is 0 Å². The highest BCUT2D eigenvalue weighted by atomic mass is 32.1. The first-order chi connectivity index (χ1) is 8.18. The van der Waals surface area contributed by atoms with Gasteiger partial charge in [-0.25, -0.2) is 0 Å². The zero-order valence-corrected chi connectivity index (χ0v) is 10.4. The largest absolute Gasteiger partial charge is 0.508 e. The Morgan fingerprint density at radius 2 is 2.06 bits per heavy atom. The van der Waals surface area contributed by atoms with Gasteiger partial charge in [-0.2, -0.15) is 0 Å². The van der Waals surface area contributed by atoms with Gasteiger partial charge in [0.15, 0.2) is 0 Å². The van der Waals surface area contributed by atoms with Crippen molar-refractivity contribution in [2.45, 2.75) is 0 Å². The molecular formula is C13H8O2S2. The van der Waals surface area contributed by atoms with E-state index >= 15 is 0 Å². The molecule has 3 aromatic rings. The van der Waals surface area contributed by atoms with Gasteiger partial charge < -0.3 is 5.11 Å². The summed E-state index contributed by atoms with van der Waals surface area (Å²) in [6.07, 6.45) is 0. The summed E-state index contributed by atoms with van der Waals surface area (Å²) in [5, 5.41) is 12.9. The van der Waals surface area contributed by atoms with E-state index in [2.05, 4.69) is 6.58 Å². The Bertz CT molecular complexity index is 796. The molecule has 0 amide bonds. The van der Waals surface area contributed by atoms with Crippen molar-refractivity contribution in [1.82, 2.24) is 0 Å². The maximum Gasteiger partial charge on any atom is 0.242 e. The van der Waals surface area contributed by atoms with Crippen molar-refractivity contribution in [2.75, 3.05) is 0 Å². The van der Waals surface area contributed by atoms with Gasteiger partial charge in [-0.15, -0.1) is 11.3 Å². The van der Waals surface area contributed by atoms with E-state index in [1.165, 1.54) is 22.7 Å². The summed E-state index contributed by atoms with van der Waals surface area (Å²) in [7, 11) is 0. The molecule has 0 aliphatic carbocycles. The van der Waals surface area contributed by atoms with Gasteiger partial charge in [0.2, 0.25) is 4.74 Å². The Kier molecular flexibility index (Phi) is 2.28. The van der Waals surface area contributed by atoms with Crippen molar-refractivity contribution in [3.05, 3.63) is 51.3 Å². The van der Waals surface area contributed by atoms with Crippen LogP contribution in [0.2, 0.25) is 0 Å². The molecule has 0 unspecified atom stereocenters. The Hall–Kier alpha value is -1.65. The zero-order valence-electron chi connectivity index (χ0n) is 8.77. The predicted octanol–water partition coefficient (Wildman–Crippen LogP) is 4.00. The van der Waals surface area contributed by atoms with Crippen molar-refractivity contribution < 1.29 is 5.11 Å². The molecule has 0 atom stereocenters. The van der Waals surface area contributed by atoms with Crippen LogP contribution in [0.15, 0.2) is 41.0 Å². The molecule has 0 saturated carbocycles. The molecule has 0 spiro atoms. The second-order valence-corrected chi connectivity index (χ2v) is 5.58. The normalized spacial score (nSPS) is 11.1. The van der Waals surface area contributed by atoms with Crippen LogP contribution in [0.5, 0.6) is 0 Å². The van der Waals surface area contributed by atoms with E-state index in [9.17, 15) is 9.90 Å².